The lowest BCUT2D eigenvalue weighted by Crippen LogP contribution is -1.97. The van der Waals surface area contributed by atoms with Gasteiger partial charge in [0.25, 0.3) is 0 Å². The van der Waals surface area contributed by atoms with Gasteiger partial charge in [-0.2, -0.15) is 0 Å². The van der Waals surface area contributed by atoms with E-state index in [1.165, 1.54) is 16.4 Å². The van der Waals surface area contributed by atoms with Gasteiger partial charge in [0.1, 0.15) is 0 Å². The highest BCUT2D eigenvalue weighted by Crippen LogP contribution is 2.41. The molecule has 0 saturated carbocycles. The molecule has 5 rings (SSSR count). The zero-order valence-corrected chi connectivity index (χ0v) is 14.9. The lowest BCUT2D eigenvalue weighted by Gasteiger charge is -2.08. The number of fused-ring (bicyclic) bond motifs is 4. The fraction of sp³-hybridized carbons (Fsp3) is 0.125. The molecule has 1 aromatic heterocycles. The molecule has 1 heterocycles. The molecular weight excluding hydrogens is 318 g/mol. The SMILES string of the molecule is CCn1c2ccccc2c2cc3c(cc21)C(c1ccccc1)=C(C)C3=O. The number of benzene rings is 3. The first-order chi connectivity index (χ1) is 12.7. The van der Waals surface area contributed by atoms with Gasteiger partial charge in [-0.3, -0.25) is 4.79 Å². The van der Waals surface area contributed by atoms with E-state index in [0.29, 0.717) is 0 Å². The molecule has 0 amide bonds. The maximum absolute atomic E-state index is 13.0. The maximum Gasteiger partial charge on any atom is 0.190 e. The van der Waals surface area contributed by atoms with Gasteiger partial charge in [-0.25, -0.2) is 0 Å². The minimum Gasteiger partial charge on any atom is -0.341 e. The van der Waals surface area contributed by atoms with Gasteiger partial charge < -0.3 is 4.57 Å². The number of hydrogen-bond donors (Lipinski definition) is 0. The Balaban J connectivity index is 1.88. The molecule has 2 heteroatoms. The van der Waals surface area contributed by atoms with Crippen LogP contribution in [0, 0.1) is 0 Å². The Labute approximate surface area is 152 Å². The van der Waals surface area contributed by atoms with Crippen molar-refractivity contribution in [1.82, 2.24) is 4.57 Å². The number of carbonyl (C=O) groups is 1. The average molecular weight is 337 g/mol. The second-order valence-electron chi connectivity index (χ2n) is 6.87. The van der Waals surface area contributed by atoms with Gasteiger partial charge in [-0.15, -0.1) is 0 Å². The summed E-state index contributed by atoms with van der Waals surface area (Å²) in [6.07, 6.45) is 0. The van der Waals surface area contributed by atoms with Gasteiger partial charge in [-0.1, -0.05) is 48.5 Å². The number of para-hydroxylation sites is 1. The van der Waals surface area contributed by atoms with Crippen molar-refractivity contribution in [2.24, 2.45) is 0 Å². The Morgan fingerprint density at radius 2 is 1.54 bits per heavy atom. The molecule has 2 nitrogen and oxygen atoms in total. The summed E-state index contributed by atoms with van der Waals surface area (Å²) in [5, 5.41) is 2.38. The number of aromatic nitrogens is 1. The zero-order valence-electron chi connectivity index (χ0n) is 14.9. The fourth-order valence-corrected chi connectivity index (χ4v) is 4.32. The highest BCUT2D eigenvalue weighted by atomic mass is 16.1. The van der Waals surface area contributed by atoms with Crippen LogP contribution in [0.1, 0.15) is 35.3 Å². The van der Waals surface area contributed by atoms with Crippen molar-refractivity contribution in [3.63, 3.8) is 0 Å². The Bertz CT molecular complexity index is 1230. The summed E-state index contributed by atoms with van der Waals surface area (Å²) in [6, 6.07) is 23.0. The van der Waals surface area contributed by atoms with Gasteiger partial charge in [0.15, 0.2) is 5.78 Å². The summed E-state index contributed by atoms with van der Waals surface area (Å²) in [4.78, 5) is 13.0. The highest BCUT2D eigenvalue weighted by Gasteiger charge is 2.29. The number of carbonyl (C=O) groups excluding carboxylic acids is 1. The predicted molar refractivity (Wildman–Crippen MR) is 108 cm³/mol. The van der Waals surface area contributed by atoms with Gasteiger partial charge in [0, 0.05) is 39.5 Å². The molecule has 0 aliphatic heterocycles. The molecule has 1 aliphatic carbocycles. The van der Waals surface area contributed by atoms with Crippen LogP contribution in [-0.2, 0) is 6.54 Å². The molecule has 3 aromatic carbocycles. The van der Waals surface area contributed by atoms with Crippen LogP contribution < -0.4 is 0 Å². The van der Waals surface area contributed by atoms with Crippen LogP contribution in [0.5, 0.6) is 0 Å². The van der Waals surface area contributed by atoms with Crippen LogP contribution in [0.4, 0.5) is 0 Å². The number of ketones is 1. The molecule has 0 atom stereocenters. The third-order valence-electron chi connectivity index (χ3n) is 5.52. The summed E-state index contributed by atoms with van der Waals surface area (Å²) in [5.74, 6) is 0.147. The molecule has 0 fully saturated rings. The molecule has 0 spiro atoms. The third-order valence-corrected chi connectivity index (χ3v) is 5.52. The van der Waals surface area contributed by atoms with E-state index in [0.717, 1.165) is 39.8 Å². The number of rotatable bonds is 2. The first kappa shape index (κ1) is 15.2. The number of nitrogens with zero attached hydrogens (tertiary/aromatic N) is 1. The van der Waals surface area contributed by atoms with Crippen molar-refractivity contribution in [3.05, 3.63) is 89.0 Å². The molecule has 26 heavy (non-hydrogen) atoms. The molecule has 126 valence electrons. The number of Topliss-reactive ketones (excluding diaryl/α,β-unsaturated/α-hetero) is 1. The van der Waals surface area contributed by atoms with E-state index in [1.807, 2.05) is 25.1 Å². The maximum atomic E-state index is 13.0. The second-order valence-corrected chi connectivity index (χ2v) is 6.87. The topological polar surface area (TPSA) is 22.0 Å². The van der Waals surface area contributed by atoms with Gasteiger partial charge in [0.05, 0.1) is 0 Å². The molecule has 0 radical (unpaired) electrons. The average Bonchev–Trinajstić information content (AvgIpc) is 3.12. The van der Waals surface area contributed by atoms with Crippen LogP contribution in [-0.4, -0.2) is 10.4 Å². The van der Waals surface area contributed by atoms with E-state index in [-0.39, 0.29) is 5.78 Å². The highest BCUT2D eigenvalue weighted by molar-refractivity contribution is 6.25. The van der Waals surface area contributed by atoms with Gasteiger partial charge >= 0.3 is 0 Å². The quantitative estimate of drug-likeness (QED) is 0.451. The first-order valence-electron chi connectivity index (χ1n) is 9.07. The Morgan fingerprint density at radius 3 is 2.31 bits per heavy atom. The van der Waals surface area contributed by atoms with E-state index in [2.05, 4.69) is 60.0 Å². The molecule has 4 aromatic rings. The standard InChI is InChI=1S/C24H19NO/c1-3-25-21-12-8-7-11-17(21)18-13-20-19(14-22(18)25)23(15(2)24(20)26)16-9-5-4-6-10-16/h4-14H,3H2,1-2H3. The molecular formula is C24H19NO. The largest absolute Gasteiger partial charge is 0.341 e. The predicted octanol–water partition coefficient (Wildman–Crippen LogP) is 5.83. The van der Waals surface area contributed by atoms with Gasteiger partial charge in [0.2, 0.25) is 0 Å². The van der Waals surface area contributed by atoms with Crippen molar-refractivity contribution in [3.8, 4) is 0 Å². The fourth-order valence-electron chi connectivity index (χ4n) is 4.32. The molecule has 0 bridgehead atoms. The Morgan fingerprint density at radius 1 is 0.808 bits per heavy atom. The molecule has 0 unspecified atom stereocenters. The van der Waals surface area contributed by atoms with Crippen molar-refractivity contribution >= 4 is 33.2 Å². The first-order valence-corrected chi connectivity index (χ1v) is 9.07. The van der Waals surface area contributed by atoms with Crippen LogP contribution >= 0.6 is 0 Å². The lowest BCUT2D eigenvalue weighted by atomic mass is 9.96. The Kier molecular flexibility index (Phi) is 3.17. The van der Waals surface area contributed by atoms with Crippen molar-refractivity contribution in [1.29, 1.82) is 0 Å². The normalized spacial score (nSPS) is 13.8. The monoisotopic (exact) mass is 337 g/mol. The van der Waals surface area contributed by atoms with E-state index in [4.69, 9.17) is 0 Å². The van der Waals surface area contributed by atoms with Crippen LogP contribution in [0.2, 0.25) is 0 Å². The third kappa shape index (κ3) is 1.90. The van der Waals surface area contributed by atoms with E-state index < -0.39 is 0 Å². The van der Waals surface area contributed by atoms with Crippen molar-refractivity contribution in [2.45, 2.75) is 20.4 Å². The lowest BCUT2D eigenvalue weighted by molar-refractivity contribution is 0.103. The summed E-state index contributed by atoms with van der Waals surface area (Å²) in [7, 11) is 0. The van der Waals surface area contributed by atoms with Gasteiger partial charge in [-0.05, 0) is 48.7 Å². The Hall–Kier alpha value is -3.13. The second kappa shape index (κ2) is 5.43. The smallest absolute Gasteiger partial charge is 0.190 e. The van der Waals surface area contributed by atoms with Crippen molar-refractivity contribution in [2.75, 3.05) is 0 Å². The number of hydrogen-bond acceptors (Lipinski definition) is 1. The zero-order chi connectivity index (χ0) is 17.8. The van der Waals surface area contributed by atoms with E-state index in [9.17, 15) is 4.79 Å². The van der Waals surface area contributed by atoms with Crippen LogP contribution in [0.25, 0.3) is 27.4 Å². The minimum atomic E-state index is 0.147. The number of aryl methyl sites for hydroxylation is 1. The summed E-state index contributed by atoms with van der Waals surface area (Å²) < 4.78 is 2.34. The number of allylic oxidation sites excluding steroid dienone is 1. The van der Waals surface area contributed by atoms with Crippen molar-refractivity contribution < 1.29 is 4.79 Å². The molecule has 1 aliphatic rings. The van der Waals surface area contributed by atoms with E-state index >= 15 is 0 Å². The minimum absolute atomic E-state index is 0.147. The van der Waals surface area contributed by atoms with E-state index in [1.54, 1.807) is 0 Å². The summed E-state index contributed by atoms with van der Waals surface area (Å²) >= 11 is 0. The summed E-state index contributed by atoms with van der Waals surface area (Å²) in [5.41, 5.74) is 7.32. The summed E-state index contributed by atoms with van der Waals surface area (Å²) in [6.45, 7) is 5.02. The van der Waals surface area contributed by atoms with Crippen LogP contribution in [0.15, 0.2) is 72.3 Å². The van der Waals surface area contributed by atoms with Crippen LogP contribution in [0.3, 0.4) is 0 Å². The molecule has 0 saturated heterocycles. The molecule has 0 N–H and O–H groups in total.